The number of nitrogens with zero attached hydrogens (tertiary/aromatic N) is 3. The van der Waals surface area contributed by atoms with Gasteiger partial charge in [-0.1, -0.05) is 42.5 Å². The number of hydrogen-bond acceptors (Lipinski definition) is 3. The summed E-state index contributed by atoms with van der Waals surface area (Å²) in [6.45, 7) is 4.07. The number of aromatic nitrogens is 4. The van der Waals surface area contributed by atoms with E-state index in [1.807, 2.05) is 41.8 Å². The quantitative estimate of drug-likeness (QED) is 0.538. The average Bonchev–Trinajstić information content (AvgIpc) is 2.96. The molecule has 0 saturated carbocycles. The molecule has 0 amide bonds. The number of aryl methyl sites for hydroxylation is 2. The van der Waals surface area contributed by atoms with Crippen LogP contribution in [0.15, 0.2) is 54.6 Å². The Labute approximate surface area is 144 Å². The predicted octanol–water partition coefficient (Wildman–Crippen LogP) is 4.76. The Hall–Kier alpha value is -2.79. The van der Waals surface area contributed by atoms with E-state index in [1.165, 1.54) is 0 Å². The van der Waals surface area contributed by atoms with E-state index in [-0.39, 0.29) is 0 Å². The molecule has 0 saturated heterocycles. The third-order valence-electron chi connectivity index (χ3n) is 4.12. The molecule has 4 aromatic rings. The highest BCUT2D eigenvalue weighted by Gasteiger charge is 2.15. The fraction of sp³-hybridized carbons (Fsp3) is 0.105. The van der Waals surface area contributed by atoms with E-state index >= 15 is 0 Å². The molecule has 2 aromatic heterocycles. The van der Waals surface area contributed by atoms with E-state index in [1.54, 1.807) is 0 Å². The van der Waals surface area contributed by atoms with Crippen LogP contribution in [0.5, 0.6) is 0 Å². The molecule has 0 aliphatic heterocycles. The lowest BCUT2D eigenvalue weighted by Crippen LogP contribution is -2.01. The molecule has 0 unspecified atom stereocenters. The smallest absolute Gasteiger partial charge is 0.200 e. The van der Waals surface area contributed by atoms with Gasteiger partial charge in [0.2, 0.25) is 0 Å². The summed E-state index contributed by atoms with van der Waals surface area (Å²) in [5.74, 6) is 0.814. The molecular weight excluding hydrogens is 316 g/mol. The number of fused-ring (bicyclic) bond motifs is 1. The SMILES string of the molecule is Cc1cc(-n2c(-c3ccccc3C)n[nH]c2=S)c2ccccc2n1. The van der Waals surface area contributed by atoms with Crippen LogP contribution in [0.1, 0.15) is 11.3 Å². The van der Waals surface area contributed by atoms with Crippen LogP contribution < -0.4 is 0 Å². The lowest BCUT2D eigenvalue weighted by molar-refractivity contribution is 1.03. The van der Waals surface area contributed by atoms with Crippen molar-refractivity contribution in [2.75, 3.05) is 0 Å². The van der Waals surface area contributed by atoms with Gasteiger partial charge in [0.25, 0.3) is 0 Å². The number of rotatable bonds is 2. The first-order valence-corrected chi connectivity index (χ1v) is 8.16. The van der Waals surface area contributed by atoms with Crippen molar-refractivity contribution >= 4 is 23.1 Å². The van der Waals surface area contributed by atoms with Gasteiger partial charge < -0.3 is 0 Å². The van der Waals surface area contributed by atoms with E-state index in [2.05, 4.69) is 46.4 Å². The fourth-order valence-electron chi connectivity index (χ4n) is 3.00. The van der Waals surface area contributed by atoms with Gasteiger partial charge in [-0.25, -0.2) is 0 Å². The second kappa shape index (κ2) is 5.69. The second-order valence-electron chi connectivity index (χ2n) is 5.80. The summed E-state index contributed by atoms with van der Waals surface area (Å²) in [7, 11) is 0. The van der Waals surface area contributed by atoms with Crippen molar-refractivity contribution in [3.8, 4) is 17.1 Å². The minimum Gasteiger partial charge on any atom is -0.267 e. The summed E-state index contributed by atoms with van der Waals surface area (Å²) in [5.41, 5.74) is 5.11. The van der Waals surface area contributed by atoms with Gasteiger partial charge in [0, 0.05) is 16.6 Å². The van der Waals surface area contributed by atoms with Gasteiger partial charge in [-0.15, -0.1) is 0 Å². The van der Waals surface area contributed by atoms with Crippen LogP contribution in [-0.2, 0) is 0 Å². The zero-order valence-electron chi connectivity index (χ0n) is 13.4. The highest BCUT2D eigenvalue weighted by molar-refractivity contribution is 7.71. The van der Waals surface area contributed by atoms with E-state index in [4.69, 9.17) is 12.2 Å². The Morgan fingerprint density at radius 1 is 1.00 bits per heavy atom. The van der Waals surface area contributed by atoms with Crippen LogP contribution in [0.25, 0.3) is 28.0 Å². The van der Waals surface area contributed by atoms with Gasteiger partial charge in [0.15, 0.2) is 10.6 Å². The first kappa shape index (κ1) is 14.8. The summed E-state index contributed by atoms with van der Waals surface area (Å²) in [4.78, 5) is 4.62. The summed E-state index contributed by atoms with van der Waals surface area (Å²) in [6, 6.07) is 18.3. The van der Waals surface area contributed by atoms with Crippen molar-refractivity contribution in [2.24, 2.45) is 0 Å². The van der Waals surface area contributed by atoms with Crippen molar-refractivity contribution in [3.05, 3.63) is 70.6 Å². The van der Waals surface area contributed by atoms with Gasteiger partial charge >= 0.3 is 0 Å². The van der Waals surface area contributed by atoms with Crippen molar-refractivity contribution < 1.29 is 0 Å². The van der Waals surface area contributed by atoms with Crippen molar-refractivity contribution in [1.82, 2.24) is 19.7 Å². The summed E-state index contributed by atoms with van der Waals surface area (Å²) in [6.07, 6.45) is 0. The van der Waals surface area contributed by atoms with Crippen molar-refractivity contribution in [1.29, 1.82) is 0 Å². The Morgan fingerprint density at radius 2 is 1.75 bits per heavy atom. The van der Waals surface area contributed by atoms with Crippen molar-refractivity contribution in [3.63, 3.8) is 0 Å². The second-order valence-corrected chi connectivity index (χ2v) is 6.19. The Balaban J connectivity index is 2.08. The van der Waals surface area contributed by atoms with Crippen LogP contribution in [0.3, 0.4) is 0 Å². The molecule has 2 heterocycles. The van der Waals surface area contributed by atoms with Crippen LogP contribution in [0.4, 0.5) is 0 Å². The molecule has 4 nitrogen and oxygen atoms in total. The number of H-pyrrole nitrogens is 1. The normalized spacial score (nSPS) is 11.1. The van der Waals surface area contributed by atoms with Gasteiger partial charge in [-0.2, -0.15) is 5.10 Å². The minimum absolute atomic E-state index is 0.573. The van der Waals surface area contributed by atoms with Gasteiger partial charge in [0.05, 0.1) is 11.2 Å². The van der Waals surface area contributed by atoms with E-state index in [0.717, 1.165) is 39.2 Å². The van der Waals surface area contributed by atoms with Crippen LogP contribution >= 0.6 is 12.2 Å². The molecular formula is C19H16N4S. The summed E-state index contributed by atoms with van der Waals surface area (Å²) < 4.78 is 2.57. The van der Waals surface area contributed by atoms with Gasteiger partial charge in [0.1, 0.15) is 0 Å². The number of para-hydroxylation sites is 1. The number of benzene rings is 2. The molecule has 0 aliphatic carbocycles. The van der Waals surface area contributed by atoms with Crippen LogP contribution in [0, 0.1) is 18.6 Å². The molecule has 4 rings (SSSR count). The molecule has 24 heavy (non-hydrogen) atoms. The number of hydrogen-bond donors (Lipinski definition) is 1. The lowest BCUT2D eigenvalue weighted by Gasteiger charge is -2.12. The van der Waals surface area contributed by atoms with E-state index < -0.39 is 0 Å². The Kier molecular flexibility index (Phi) is 3.50. The molecule has 118 valence electrons. The molecule has 2 aromatic carbocycles. The van der Waals surface area contributed by atoms with Crippen molar-refractivity contribution in [2.45, 2.75) is 13.8 Å². The Bertz CT molecular complexity index is 1110. The topological polar surface area (TPSA) is 46.5 Å². The zero-order chi connectivity index (χ0) is 16.7. The van der Waals surface area contributed by atoms with E-state index in [9.17, 15) is 0 Å². The Morgan fingerprint density at radius 3 is 2.58 bits per heavy atom. The molecule has 5 heteroatoms. The maximum absolute atomic E-state index is 5.53. The lowest BCUT2D eigenvalue weighted by atomic mass is 10.1. The summed E-state index contributed by atoms with van der Waals surface area (Å²) >= 11 is 5.53. The molecule has 1 N–H and O–H groups in total. The van der Waals surface area contributed by atoms with Crippen LogP contribution in [-0.4, -0.2) is 19.7 Å². The standard InChI is InChI=1S/C19H16N4S/c1-12-7-3-4-8-14(12)18-21-22-19(24)23(18)17-11-13(2)20-16-10-6-5-9-15(16)17/h3-11H,1-2H3,(H,22,24). The molecule has 0 spiro atoms. The first-order valence-electron chi connectivity index (χ1n) is 7.75. The highest BCUT2D eigenvalue weighted by Crippen LogP contribution is 2.28. The van der Waals surface area contributed by atoms with Gasteiger partial charge in [-0.3, -0.25) is 14.6 Å². The predicted molar refractivity (Wildman–Crippen MR) is 99.0 cm³/mol. The molecule has 0 bridgehead atoms. The number of aromatic amines is 1. The third kappa shape index (κ3) is 2.34. The first-order chi connectivity index (χ1) is 11.6. The van der Waals surface area contributed by atoms with Gasteiger partial charge in [-0.05, 0) is 43.8 Å². The number of nitrogens with one attached hydrogen (secondary N) is 1. The average molecular weight is 332 g/mol. The fourth-order valence-corrected chi connectivity index (χ4v) is 3.23. The van der Waals surface area contributed by atoms with Crippen LogP contribution in [0.2, 0.25) is 0 Å². The molecule has 0 fully saturated rings. The minimum atomic E-state index is 0.573. The third-order valence-corrected chi connectivity index (χ3v) is 4.40. The van der Waals surface area contributed by atoms with E-state index in [0.29, 0.717) is 4.77 Å². The highest BCUT2D eigenvalue weighted by atomic mass is 32.1. The molecule has 0 atom stereocenters. The maximum Gasteiger partial charge on any atom is 0.200 e. The zero-order valence-corrected chi connectivity index (χ0v) is 14.3. The molecule has 0 aliphatic rings. The molecule has 0 radical (unpaired) electrons. The largest absolute Gasteiger partial charge is 0.267 e. The maximum atomic E-state index is 5.53. The summed E-state index contributed by atoms with van der Waals surface area (Å²) in [5, 5.41) is 8.48. The number of pyridine rings is 1. The monoisotopic (exact) mass is 332 g/mol.